The Morgan fingerprint density at radius 2 is 2.06 bits per heavy atom. The fourth-order valence-corrected chi connectivity index (χ4v) is 1.63. The first-order chi connectivity index (χ1) is 8.00. The monoisotopic (exact) mass is 236 g/mol. The second-order valence-electron chi connectivity index (χ2n) is 4.58. The molecule has 0 aliphatic rings. The Kier molecular flexibility index (Phi) is 4.52. The molecule has 1 aromatic rings. The van der Waals surface area contributed by atoms with Gasteiger partial charge in [-0.3, -0.25) is 4.79 Å². The van der Waals surface area contributed by atoms with E-state index >= 15 is 0 Å². The number of methoxy groups -OCH3 is 1. The number of carbonyl (C=O) groups is 1. The van der Waals surface area contributed by atoms with Crippen molar-refractivity contribution in [1.29, 1.82) is 0 Å². The number of rotatable bonds is 5. The van der Waals surface area contributed by atoms with Gasteiger partial charge in [0.2, 0.25) is 0 Å². The minimum Gasteiger partial charge on any atom is -0.496 e. The molecule has 0 bridgehead atoms. The molecule has 0 aliphatic heterocycles. The van der Waals surface area contributed by atoms with Crippen LogP contribution in [0.3, 0.4) is 0 Å². The van der Waals surface area contributed by atoms with Gasteiger partial charge in [0.05, 0.1) is 12.7 Å². The quantitative estimate of drug-likeness (QED) is 0.815. The Bertz CT molecular complexity index is 389. The molecule has 0 aliphatic carbocycles. The summed E-state index contributed by atoms with van der Waals surface area (Å²) in [4.78, 5) is 12.1. The minimum absolute atomic E-state index is 0.138. The van der Waals surface area contributed by atoms with Crippen LogP contribution in [0.2, 0.25) is 0 Å². The van der Waals surface area contributed by atoms with E-state index in [1.54, 1.807) is 19.2 Å². The molecule has 3 N–H and O–H groups in total. The molecule has 0 unspecified atom stereocenters. The molecule has 4 nitrogen and oxygen atoms in total. The molecule has 0 heterocycles. The standard InChI is InChI=1S/C13H20N2O2/c1-13(2,8-9-14)15-12(16)10-6-4-5-7-11(10)17-3/h4-7H,8-9,14H2,1-3H3,(H,15,16). The number of ether oxygens (including phenoxy) is 1. The van der Waals surface area contributed by atoms with Crippen LogP contribution in [0, 0.1) is 0 Å². The van der Waals surface area contributed by atoms with Crippen LogP contribution in [0.1, 0.15) is 30.6 Å². The fraction of sp³-hybridized carbons (Fsp3) is 0.462. The summed E-state index contributed by atoms with van der Waals surface area (Å²) in [5.74, 6) is 0.439. The van der Waals surface area contributed by atoms with Gasteiger partial charge in [-0.05, 0) is 38.9 Å². The van der Waals surface area contributed by atoms with Gasteiger partial charge < -0.3 is 15.8 Å². The van der Waals surface area contributed by atoms with Crippen LogP contribution in [-0.4, -0.2) is 25.1 Å². The molecule has 0 spiro atoms. The number of benzene rings is 1. The van der Waals surface area contributed by atoms with Crippen molar-refractivity contribution in [2.75, 3.05) is 13.7 Å². The highest BCUT2D eigenvalue weighted by molar-refractivity contribution is 5.97. The topological polar surface area (TPSA) is 64.3 Å². The molecule has 0 saturated carbocycles. The van der Waals surface area contributed by atoms with E-state index in [-0.39, 0.29) is 11.4 Å². The Balaban J connectivity index is 2.83. The molecule has 0 atom stereocenters. The number of carbonyl (C=O) groups excluding carboxylic acids is 1. The highest BCUT2D eigenvalue weighted by Gasteiger charge is 2.21. The van der Waals surface area contributed by atoms with Gasteiger partial charge in [0.15, 0.2) is 0 Å². The molecular formula is C13H20N2O2. The molecule has 0 radical (unpaired) electrons. The van der Waals surface area contributed by atoms with Gasteiger partial charge in [0.25, 0.3) is 5.91 Å². The number of nitrogens with one attached hydrogen (secondary N) is 1. The number of hydrogen-bond donors (Lipinski definition) is 2. The molecular weight excluding hydrogens is 216 g/mol. The van der Waals surface area contributed by atoms with Crippen LogP contribution in [0.5, 0.6) is 5.75 Å². The third-order valence-corrected chi connectivity index (χ3v) is 2.57. The average molecular weight is 236 g/mol. The van der Waals surface area contributed by atoms with Gasteiger partial charge in [0, 0.05) is 5.54 Å². The molecule has 0 aromatic heterocycles. The zero-order valence-corrected chi connectivity index (χ0v) is 10.6. The number of hydrogen-bond acceptors (Lipinski definition) is 3. The van der Waals surface area contributed by atoms with Crippen molar-refractivity contribution >= 4 is 5.91 Å². The van der Waals surface area contributed by atoms with Crippen molar-refractivity contribution in [2.45, 2.75) is 25.8 Å². The highest BCUT2D eigenvalue weighted by atomic mass is 16.5. The Labute approximate surface area is 102 Å². The number of nitrogens with two attached hydrogens (primary N) is 1. The predicted octanol–water partition coefficient (Wildman–Crippen LogP) is 1.55. The summed E-state index contributed by atoms with van der Waals surface area (Å²) < 4.78 is 5.16. The lowest BCUT2D eigenvalue weighted by Crippen LogP contribution is -2.44. The van der Waals surface area contributed by atoms with E-state index in [0.29, 0.717) is 17.9 Å². The Morgan fingerprint density at radius 3 is 2.65 bits per heavy atom. The van der Waals surface area contributed by atoms with Crippen LogP contribution < -0.4 is 15.8 Å². The Morgan fingerprint density at radius 1 is 1.41 bits per heavy atom. The predicted molar refractivity (Wildman–Crippen MR) is 68.2 cm³/mol. The van der Waals surface area contributed by atoms with E-state index < -0.39 is 0 Å². The average Bonchev–Trinajstić information content (AvgIpc) is 2.28. The molecule has 1 amide bonds. The summed E-state index contributed by atoms with van der Waals surface area (Å²) in [6, 6.07) is 7.16. The first kappa shape index (κ1) is 13.5. The first-order valence-electron chi connectivity index (χ1n) is 5.66. The van der Waals surface area contributed by atoms with Gasteiger partial charge in [-0.15, -0.1) is 0 Å². The van der Waals surface area contributed by atoms with Gasteiger partial charge >= 0.3 is 0 Å². The van der Waals surface area contributed by atoms with E-state index in [2.05, 4.69) is 5.32 Å². The molecule has 0 fully saturated rings. The van der Waals surface area contributed by atoms with Crippen LogP contribution in [0.4, 0.5) is 0 Å². The molecule has 17 heavy (non-hydrogen) atoms. The first-order valence-corrected chi connectivity index (χ1v) is 5.66. The third-order valence-electron chi connectivity index (χ3n) is 2.57. The van der Waals surface area contributed by atoms with E-state index in [1.165, 1.54) is 0 Å². The number of amides is 1. The smallest absolute Gasteiger partial charge is 0.255 e. The second kappa shape index (κ2) is 5.68. The molecule has 1 rings (SSSR count). The largest absolute Gasteiger partial charge is 0.496 e. The second-order valence-corrected chi connectivity index (χ2v) is 4.58. The van der Waals surface area contributed by atoms with E-state index in [4.69, 9.17) is 10.5 Å². The summed E-state index contributed by atoms with van der Waals surface area (Å²) in [7, 11) is 1.55. The normalized spacial score (nSPS) is 11.1. The maximum Gasteiger partial charge on any atom is 0.255 e. The van der Waals surface area contributed by atoms with Crippen molar-refractivity contribution in [3.63, 3.8) is 0 Å². The van der Waals surface area contributed by atoms with Crippen molar-refractivity contribution < 1.29 is 9.53 Å². The maximum atomic E-state index is 12.1. The van der Waals surface area contributed by atoms with Gasteiger partial charge in [-0.2, -0.15) is 0 Å². The fourth-order valence-electron chi connectivity index (χ4n) is 1.63. The SMILES string of the molecule is COc1ccccc1C(=O)NC(C)(C)CCN. The lowest BCUT2D eigenvalue weighted by molar-refractivity contribution is 0.0907. The molecule has 4 heteroatoms. The van der Waals surface area contributed by atoms with Crippen molar-refractivity contribution in [1.82, 2.24) is 5.32 Å². The zero-order valence-electron chi connectivity index (χ0n) is 10.6. The number of para-hydroxylation sites is 1. The minimum atomic E-state index is -0.313. The van der Waals surface area contributed by atoms with E-state index in [9.17, 15) is 4.79 Å². The maximum absolute atomic E-state index is 12.1. The van der Waals surface area contributed by atoms with Crippen LogP contribution in [-0.2, 0) is 0 Å². The zero-order chi connectivity index (χ0) is 12.9. The van der Waals surface area contributed by atoms with E-state index in [1.807, 2.05) is 26.0 Å². The van der Waals surface area contributed by atoms with Crippen LogP contribution in [0.25, 0.3) is 0 Å². The van der Waals surface area contributed by atoms with Crippen molar-refractivity contribution in [3.8, 4) is 5.75 Å². The molecule has 0 saturated heterocycles. The van der Waals surface area contributed by atoms with E-state index in [0.717, 1.165) is 6.42 Å². The van der Waals surface area contributed by atoms with Crippen molar-refractivity contribution in [3.05, 3.63) is 29.8 Å². The molecule has 94 valence electrons. The van der Waals surface area contributed by atoms with Crippen LogP contribution in [0.15, 0.2) is 24.3 Å². The summed E-state index contributed by atoms with van der Waals surface area (Å²) >= 11 is 0. The Hall–Kier alpha value is -1.55. The summed E-state index contributed by atoms with van der Waals surface area (Å²) in [6.45, 7) is 4.44. The lowest BCUT2D eigenvalue weighted by atomic mass is 10.00. The van der Waals surface area contributed by atoms with Crippen LogP contribution >= 0.6 is 0 Å². The summed E-state index contributed by atoms with van der Waals surface area (Å²) in [5, 5.41) is 2.95. The van der Waals surface area contributed by atoms with Gasteiger partial charge in [-0.25, -0.2) is 0 Å². The summed E-state index contributed by atoms with van der Waals surface area (Å²) in [5.41, 5.74) is 5.74. The molecule has 1 aromatic carbocycles. The van der Waals surface area contributed by atoms with Crippen molar-refractivity contribution in [2.24, 2.45) is 5.73 Å². The van der Waals surface area contributed by atoms with Gasteiger partial charge in [0.1, 0.15) is 5.75 Å². The summed E-state index contributed by atoms with van der Waals surface area (Å²) in [6.07, 6.45) is 0.730. The van der Waals surface area contributed by atoms with Gasteiger partial charge in [-0.1, -0.05) is 12.1 Å². The third kappa shape index (κ3) is 3.75. The lowest BCUT2D eigenvalue weighted by Gasteiger charge is -2.26. The highest BCUT2D eigenvalue weighted by Crippen LogP contribution is 2.18.